The molecule has 0 aliphatic heterocycles. The van der Waals surface area contributed by atoms with E-state index in [1.807, 2.05) is 0 Å². The van der Waals surface area contributed by atoms with Crippen LogP contribution in [0.15, 0.2) is 49.2 Å². The quantitative estimate of drug-likeness (QED) is 0.400. The second kappa shape index (κ2) is 8.40. The molecule has 12 heteroatoms. The van der Waals surface area contributed by atoms with E-state index in [1.165, 1.54) is 24.8 Å². The van der Waals surface area contributed by atoms with Crippen molar-refractivity contribution in [3.63, 3.8) is 0 Å². The number of nitrogens with zero attached hydrogens (tertiary/aromatic N) is 5. The van der Waals surface area contributed by atoms with Gasteiger partial charge in [0.2, 0.25) is 0 Å². The molecule has 0 aliphatic carbocycles. The van der Waals surface area contributed by atoms with Gasteiger partial charge in [-0.3, -0.25) is 4.98 Å². The van der Waals surface area contributed by atoms with Crippen LogP contribution in [0.4, 0.5) is 29.2 Å². The van der Waals surface area contributed by atoms with Gasteiger partial charge in [0.25, 0.3) is 0 Å². The van der Waals surface area contributed by atoms with Gasteiger partial charge < -0.3 is 15.5 Å². The molecule has 0 saturated carbocycles. The van der Waals surface area contributed by atoms with Crippen LogP contribution in [0.5, 0.6) is 0 Å². The van der Waals surface area contributed by atoms with E-state index in [2.05, 4.69) is 30.2 Å². The van der Waals surface area contributed by atoms with E-state index in [0.717, 1.165) is 18.2 Å². The van der Waals surface area contributed by atoms with E-state index in [-0.39, 0.29) is 28.4 Å². The number of rotatable bonds is 5. The smallest absolute Gasteiger partial charge is 0.393 e. The van der Waals surface area contributed by atoms with Crippen molar-refractivity contribution in [2.24, 2.45) is 0 Å². The van der Waals surface area contributed by atoms with Crippen molar-refractivity contribution >= 4 is 22.7 Å². The molecule has 3 N–H and O–H groups in total. The van der Waals surface area contributed by atoms with Crippen molar-refractivity contribution in [1.29, 1.82) is 0 Å². The molecular weight excluding hydrogens is 432 g/mol. The Morgan fingerprint density at radius 1 is 0.969 bits per heavy atom. The van der Waals surface area contributed by atoms with Gasteiger partial charge >= 0.3 is 6.18 Å². The van der Waals surface area contributed by atoms with Crippen LogP contribution in [0.3, 0.4) is 0 Å². The second-order valence-corrected chi connectivity index (χ2v) is 6.67. The Labute approximate surface area is 177 Å². The number of hydrogen-bond donors (Lipinski definition) is 3. The molecule has 1 atom stereocenters. The molecule has 4 rings (SSSR count). The predicted octanol–water partition coefficient (Wildman–Crippen LogP) is 3.41. The molecule has 0 bridgehead atoms. The summed E-state index contributed by atoms with van der Waals surface area (Å²) in [7, 11) is 0. The fourth-order valence-electron chi connectivity index (χ4n) is 2.87. The summed E-state index contributed by atoms with van der Waals surface area (Å²) in [6.45, 7) is -0.571. The molecule has 0 radical (unpaired) electrons. The van der Waals surface area contributed by atoms with Crippen LogP contribution in [0.1, 0.15) is 17.2 Å². The third kappa shape index (κ3) is 4.31. The van der Waals surface area contributed by atoms with Crippen LogP contribution in [-0.4, -0.2) is 41.7 Å². The lowest BCUT2D eigenvalue weighted by molar-refractivity contribution is -0.137. The normalized spacial score (nSPS) is 12.7. The highest BCUT2D eigenvalue weighted by molar-refractivity contribution is 5.88. The van der Waals surface area contributed by atoms with E-state index in [9.17, 15) is 22.7 Å². The average Bonchev–Trinajstić information content (AvgIpc) is 2.78. The minimum Gasteiger partial charge on any atom is -0.393 e. The first kappa shape index (κ1) is 21.5. The van der Waals surface area contributed by atoms with Crippen LogP contribution in [0.2, 0.25) is 0 Å². The van der Waals surface area contributed by atoms with Crippen LogP contribution in [0, 0.1) is 5.82 Å². The minimum atomic E-state index is -4.50. The number of nitrogens with one attached hydrogen (secondary N) is 1. The first-order valence-corrected chi connectivity index (χ1v) is 9.12. The van der Waals surface area contributed by atoms with E-state index < -0.39 is 30.3 Å². The van der Waals surface area contributed by atoms with Crippen molar-refractivity contribution in [1.82, 2.24) is 24.9 Å². The fraction of sp³-hybridized carbons (Fsp3) is 0.150. The van der Waals surface area contributed by atoms with E-state index in [0.29, 0.717) is 17.3 Å². The molecule has 4 aromatic rings. The fourth-order valence-corrected chi connectivity index (χ4v) is 2.87. The maximum atomic E-state index is 14.5. The largest absolute Gasteiger partial charge is 0.417 e. The molecular formula is C20H14F4N6O2. The van der Waals surface area contributed by atoms with Crippen molar-refractivity contribution in [2.75, 3.05) is 11.9 Å². The summed E-state index contributed by atoms with van der Waals surface area (Å²) in [5.74, 6) is -0.407. The Bertz CT molecular complexity index is 1270. The summed E-state index contributed by atoms with van der Waals surface area (Å²) in [4.78, 5) is 20.1. The van der Waals surface area contributed by atoms with Crippen molar-refractivity contribution in [2.45, 2.75) is 12.3 Å². The van der Waals surface area contributed by atoms with Gasteiger partial charge in [0.05, 0.1) is 17.7 Å². The molecule has 0 aromatic carbocycles. The van der Waals surface area contributed by atoms with Crippen LogP contribution in [-0.2, 0) is 6.18 Å². The van der Waals surface area contributed by atoms with Crippen LogP contribution in [0.25, 0.3) is 22.3 Å². The molecule has 164 valence electrons. The molecule has 32 heavy (non-hydrogen) atoms. The Balaban J connectivity index is 1.64. The maximum Gasteiger partial charge on any atom is 0.417 e. The van der Waals surface area contributed by atoms with Crippen molar-refractivity contribution in [3.8, 4) is 11.3 Å². The highest BCUT2D eigenvalue weighted by Crippen LogP contribution is 2.30. The van der Waals surface area contributed by atoms with Gasteiger partial charge in [0.15, 0.2) is 5.82 Å². The lowest BCUT2D eigenvalue weighted by atomic mass is 10.1. The number of aliphatic hydroxyl groups excluding tert-OH is 2. The molecule has 0 spiro atoms. The molecule has 0 fully saturated rings. The number of anilines is 2. The molecule has 0 unspecified atom stereocenters. The Kier molecular flexibility index (Phi) is 5.63. The summed E-state index contributed by atoms with van der Waals surface area (Å²) in [6.07, 6.45) is -1.26. The summed E-state index contributed by atoms with van der Waals surface area (Å²) >= 11 is 0. The maximum absolute atomic E-state index is 14.5. The lowest BCUT2D eigenvalue weighted by Crippen LogP contribution is -2.06. The lowest BCUT2D eigenvalue weighted by Gasteiger charge is -2.11. The van der Waals surface area contributed by atoms with Crippen molar-refractivity contribution < 1.29 is 27.8 Å². The second-order valence-electron chi connectivity index (χ2n) is 6.67. The van der Waals surface area contributed by atoms with Crippen LogP contribution < -0.4 is 5.32 Å². The predicted molar refractivity (Wildman–Crippen MR) is 105 cm³/mol. The number of aliphatic hydroxyl groups is 2. The van der Waals surface area contributed by atoms with E-state index in [1.54, 1.807) is 0 Å². The Morgan fingerprint density at radius 2 is 1.78 bits per heavy atom. The zero-order chi connectivity index (χ0) is 22.9. The van der Waals surface area contributed by atoms with Gasteiger partial charge in [-0.1, -0.05) is 0 Å². The highest BCUT2D eigenvalue weighted by atomic mass is 19.4. The number of fused-ring (bicyclic) bond motifs is 1. The number of pyridine rings is 3. The molecule has 0 saturated heterocycles. The number of hydrogen-bond acceptors (Lipinski definition) is 8. The standard InChI is InChI=1S/C20H14F4N6O2/c21-13-3-10(15(32)8-31)5-26-17(13)11-4-14-18(27-6-11)19(29-9-28-14)30-16-2-1-12(7-25-16)20(22,23)24/h1-7,9,15,31-32H,8H2,(H,25,28,29,30)/t15-/m0/s1. The summed E-state index contributed by atoms with van der Waals surface area (Å²) in [5, 5.41) is 21.4. The number of alkyl halides is 3. The molecule has 0 aliphatic rings. The SMILES string of the molecule is OC[C@H](O)c1cnc(-c2cnc3c(Nc4ccc(C(F)(F)F)cn4)ncnc3c2)c(F)c1. The Morgan fingerprint density at radius 3 is 2.44 bits per heavy atom. The monoisotopic (exact) mass is 446 g/mol. The zero-order valence-electron chi connectivity index (χ0n) is 16.0. The van der Waals surface area contributed by atoms with Crippen molar-refractivity contribution in [3.05, 3.63) is 66.1 Å². The highest BCUT2D eigenvalue weighted by Gasteiger charge is 2.30. The summed E-state index contributed by atoms with van der Waals surface area (Å²) < 4.78 is 52.6. The van der Waals surface area contributed by atoms with Gasteiger partial charge in [-0.25, -0.2) is 24.3 Å². The molecule has 0 amide bonds. The first-order chi connectivity index (χ1) is 15.3. The zero-order valence-corrected chi connectivity index (χ0v) is 16.0. The summed E-state index contributed by atoms with van der Waals surface area (Å²) in [6, 6.07) is 4.63. The molecule has 8 nitrogen and oxygen atoms in total. The van der Waals surface area contributed by atoms with Gasteiger partial charge in [-0.2, -0.15) is 13.2 Å². The van der Waals surface area contributed by atoms with E-state index in [4.69, 9.17) is 5.11 Å². The third-order valence-electron chi connectivity index (χ3n) is 4.51. The molecule has 4 heterocycles. The summed E-state index contributed by atoms with van der Waals surface area (Å²) in [5.41, 5.74) is 0.118. The van der Waals surface area contributed by atoms with E-state index >= 15 is 0 Å². The third-order valence-corrected chi connectivity index (χ3v) is 4.51. The number of aromatic nitrogens is 5. The van der Waals surface area contributed by atoms with Gasteiger partial charge in [0.1, 0.15) is 35.3 Å². The van der Waals surface area contributed by atoms with Gasteiger partial charge in [-0.05, 0) is 24.3 Å². The first-order valence-electron chi connectivity index (χ1n) is 9.12. The van der Waals surface area contributed by atoms with Gasteiger partial charge in [0, 0.05) is 29.7 Å². The number of halogens is 4. The molecule has 4 aromatic heterocycles. The van der Waals surface area contributed by atoms with Gasteiger partial charge in [-0.15, -0.1) is 0 Å². The minimum absolute atomic E-state index is 0.0363. The Hall–Kier alpha value is -3.77. The topological polar surface area (TPSA) is 117 Å². The van der Waals surface area contributed by atoms with Crippen LogP contribution >= 0.6 is 0 Å². The average molecular weight is 446 g/mol.